The normalized spacial score (nSPS) is 11.1. The fourth-order valence-corrected chi connectivity index (χ4v) is 0.965. The maximum atomic E-state index is 11.4. The smallest absolute Gasteiger partial charge is 0.366 e. The molecular weight excluding hydrogens is 180 g/mol. The maximum Gasteiger partial charge on any atom is 0.366 e. The Balaban J connectivity index is 2.80. The van der Waals surface area contributed by atoms with Crippen LogP contribution in [0, 0.1) is 6.92 Å². The molecule has 0 spiro atoms. The van der Waals surface area contributed by atoms with Crippen molar-refractivity contribution < 1.29 is 9.63 Å². The first-order valence-electron chi connectivity index (χ1n) is 4.18. The van der Waals surface area contributed by atoms with Gasteiger partial charge in [0, 0.05) is 0 Å². The van der Waals surface area contributed by atoms with Gasteiger partial charge in [0.1, 0.15) is 5.84 Å². The number of aryl methyl sites for hydroxylation is 1. The van der Waals surface area contributed by atoms with Crippen molar-refractivity contribution in [2.45, 2.75) is 13.8 Å². The third-order valence-corrected chi connectivity index (χ3v) is 1.64. The van der Waals surface area contributed by atoms with Crippen LogP contribution in [0.5, 0.6) is 0 Å². The van der Waals surface area contributed by atoms with E-state index < -0.39 is 5.97 Å². The first kappa shape index (κ1) is 10.2. The van der Waals surface area contributed by atoms with E-state index in [-0.39, 0.29) is 5.84 Å². The Morgan fingerprint density at radius 3 is 2.64 bits per heavy atom. The summed E-state index contributed by atoms with van der Waals surface area (Å²) in [5.74, 6) is -0.278. The minimum Gasteiger partial charge on any atom is -0.385 e. The van der Waals surface area contributed by atoms with Crippen LogP contribution in [-0.2, 0) is 4.84 Å². The summed E-state index contributed by atoms with van der Waals surface area (Å²) in [6.45, 7) is 3.38. The molecule has 14 heavy (non-hydrogen) atoms. The monoisotopic (exact) mass is 192 g/mol. The molecule has 0 amide bonds. The van der Waals surface area contributed by atoms with Gasteiger partial charge in [0.05, 0.1) is 5.56 Å². The van der Waals surface area contributed by atoms with Gasteiger partial charge in [0.15, 0.2) is 0 Å². The number of benzene rings is 1. The van der Waals surface area contributed by atoms with E-state index in [4.69, 9.17) is 5.73 Å². The van der Waals surface area contributed by atoms with Crippen LogP contribution >= 0.6 is 0 Å². The zero-order valence-corrected chi connectivity index (χ0v) is 8.15. The van der Waals surface area contributed by atoms with Crippen molar-refractivity contribution in [3.8, 4) is 0 Å². The molecule has 0 atom stereocenters. The van der Waals surface area contributed by atoms with Gasteiger partial charge in [-0.3, -0.25) is 0 Å². The summed E-state index contributed by atoms with van der Waals surface area (Å²) in [5, 5.41) is 3.39. The van der Waals surface area contributed by atoms with E-state index >= 15 is 0 Å². The lowest BCUT2D eigenvalue weighted by Crippen LogP contribution is -2.09. The molecule has 0 saturated carbocycles. The molecule has 0 aromatic heterocycles. The zero-order valence-electron chi connectivity index (χ0n) is 8.15. The summed E-state index contributed by atoms with van der Waals surface area (Å²) in [6.07, 6.45) is 0. The Hall–Kier alpha value is -1.84. The molecule has 1 aromatic rings. The molecule has 0 fully saturated rings. The van der Waals surface area contributed by atoms with Gasteiger partial charge in [-0.05, 0) is 25.5 Å². The van der Waals surface area contributed by atoms with Crippen LogP contribution in [0.3, 0.4) is 0 Å². The molecule has 0 unspecified atom stereocenters. The quantitative estimate of drug-likeness (QED) is 0.334. The Morgan fingerprint density at radius 2 is 2.07 bits per heavy atom. The number of rotatable bonds is 2. The van der Waals surface area contributed by atoms with Crippen molar-refractivity contribution in [2.24, 2.45) is 10.9 Å². The van der Waals surface area contributed by atoms with E-state index in [0.717, 1.165) is 5.56 Å². The third-order valence-electron chi connectivity index (χ3n) is 1.64. The van der Waals surface area contributed by atoms with E-state index in [0.29, 0.717) is 5.56 Å². The molecule has 0 heterocycles. The Kier molecular flexibility index (Phi) is 3.23. The lowest BCUT2D eigenvalue weighted by atomic mass is 10.1. The van der Waals surface area contributed by atoms with Gasteiger partial charge < -0.3 is 10.6 Å². The van der Waals surface area contributed by atoms with Gasteiger partial charge in [-0.25, -0.2) is 4.79 Å². The average molecular weight is 192 g/mol. The number of nitrogens with two attached hydrogens (primary N) is 1. The molecule has 0 saturated heterocycles. The van der Waals surface area contributed by atoms with Gasteiger partial charge >= 0.3 is 5.97 Å². The first-order chi connectivity index (χ1) is 6.61. The summed E-state index contributed by atoms with van der Waals surface area (Å²) < 4.78 is 0. The summed E-state index contributed by atoms with van der Waals surface area (Å²) >= 11 is 0. The highest BCUT2D eigenvalue weighted by atomic mass is 16.7. The molecule has 0 bridgehead atoms. The highest BCUT2D eigenvalue weighted by Crippen LogP contribution is 2.08. The first-order valence-corrected chi connectivity index (χ1v) is 4.18. The maximum absolute atomic E-state index is 11.4. The van der Waals surface area contributed by atoms with Crippen LogP contribution in [0.25, 0.3) is 0 Å². The predicted octanol–water partition coefficient (Wildman–Crippen LogP) is 1.44. The molecule has 1 rings (SSSR count). The molecule has 4 heteroatoms. The van der Waals surface area contributed by atoms with Crippen molar-refractivity contribution in [3.63, 3.8) is 0 Å². The number of hydrogen-bond acceptors (Lipinski definition) is 3. The van der Waals surface area contributed by atoms with E-state index in [2.05, 4.69) is 9.99 Å². The van der Waals surface area contributed by atoms with E-state index in [1.807, 2.05) is 19.1 Å². The van der Waals surface area contributed by atoms with Crippen molar-refractivity contribution in [2.75, 3.05) is 0 Å². The Labute approximate surface area is 82.4 Å². The van der Waals surface area contributed by atoms with E-state index in [9.17, 15) is 4.79 Å². The van der Waals surface area contributed by atoms with Gasteiger partial charge in [0.25, 0.3) is 0 Å². The number of carbonyl (C=O) groups is 1. The summed E-state index contributed by atoms with van der Waals surface area (Å²) in [5.41, 5.74) is 6.58. The molecule has 4 nitrogen and oxygen atoms in total. The molecule has 0 aliphatic rings. The molecule has 2 N–H and O–H groups in total. The SMILES string of the molecule is C/C(N)=N/OC(=O)c1ccccc1C. The highest BCUT2D eigenvalue weighted by Gasteiger charge is 2.08. The van der Waals surface area contributed by atoms with Crippen molar-refractivity contribution in [1.29, 1.82) is 0 Å². The van der Waals surface area contributed by atoms with Crippen molar-refractivity contribution in [3.05, 3.63) is 35.4 Å². The fraction of sp³-hybridized carbons (Fsp3) is 0.200. The Bertz CT molecular complexity index is 368. The molecule has 0 radical (unpaired) electrons. The lowest BCUT2D eigenvalue weighted by molar-refractivity contribution is 0.0514. The van der Waals surface area contributed by atoms with Crippen LogP contribution in [0.15, 0.2) is 29.4 Å². The van der Waals surface area contributed by atoms with E-state index in [1.165, 1.54) is 0 Å². The highest BCUT2D eigenvalue weighted by molar-refractivity contribution is 5.91. The van der Waals surface area contributed by atoms with Crippen molar-refractivity contribution in [1.82, 2.24) is 0 Å². The minimum absolute atomic E-state index is 0.215. The average Bonchev–Trinajstić information content (AvgIpc) is 2.15. The number of oxime groups is 1. The van der Waals surface area contributed by atoms with Crippen molar-refractivity contribution >= 4 is 11.8 Å². The van der Waals surface area contributed by atoms with Gasteiger partial charge in [-0.2, -0.15) is 0 Å². The summed E-state index contributed by atoms with van der Waals surface area (Å²) in [7, 11) is 0. The van der Waals surface area contributed by atoms with Crippen LogP contribution in [-0.4, -0.2) is 11.8 Å². The van der Waals surface area contributed by atoms with Gasteiger partial charge in [-0.1, -0.05) is 23.4 Å². The second-order valence-corrected chi connectivity index (χ2v) is 2.93. The standard InChI is InChI=1S/C10H12N2O2/c1-7-5-3-4-6-9(7)10(13)14-12-8(2)11/h3-6H,1-2H3,(H2,11,12). The topological polar surface area (TPSA) is 64.7 Å². The number of nitrogens with zero attached hydrogens (tertiary/aromatic N) is 1. The zero-order chi connectivity index (χ0) is 10.6. The van der Waals surface area contributed by atoms with Gasteiger partial charge in [-0.15, -0.1) is 0 Å². The number of hydrogen-bond donors (Lipinski definition) is 1. The molecule has 0 aliphatic heterocycles. The molecule has 74 valence electrons. The fourth-order valence-electron chi connectivity index (χ4n) is 0.965. The third kappa shape index (κ3) is 2.58. The number of amidine groups is 1. The Morgan fingerprint density at radius 1 is 1.43 bits per heavy atom. The second kappa shape index (κ2) is 4.41. The van der Waals surface area contributed by atoms with Crippen LogP contribution in [0.4, 0.5) is 0 Å². The molecule has 1 aromatic carbocycles. The van der Waals surface area contributed by atoms with Crippen LogP contribution in [0.2, 0.25) is 0 Å². The predicted molar refractivity (Wildman–Crippen MR) is 53.9 cm³/mol. The summed E-state index contributed by atoms with van der Waals surface area (Å²) in [4.78, 5) is 16.0. The largest absolute Gasteiger partial charge is 0.385 e. The van der Waals surface area contributed by atoms with E-state index in [1.54, 1.807) is 19.1 Å². The van der Waals surface area contributed by atoms with Gasteiger partial charge in [0.2, 0.25) is 0 Å². The molecular formula is C10H12N2O2. The van der Waals surface area contributed by atoms with Crippen LogP contribution in [0.1, 0.15) is 22.8 Å². The molecule has 0 aliphatic carbocycles. The lowest BCUT2D eigenvalue weighted by Gasteiger charge is -2.01. The second-order valence-electron chi connectivity index (χ2n) is 2.93. The van der Waals surface area contributed by atoms with Crippen LogP contribution < -0.4 is 5.73 Å². The summed E-state index contributed by atoms with van der Waals surface area (Å²) in [6, 6.07) is 7.13. The minimum atomic E-state index is -0.493. The number of carbonyl (C=O) groups excluding carboxylic acids is 1.